The van der Waals surface area contributed by atoms with E-state index in [1.165, 1.54) is 0 Å². The zero-order valence-corrected chi connectivity index (χ0v) is 8.46. The van der Waals surface area contributed by atoms with Crippen molar-refractivity contribution in [3.05, 3.63) is 40.9 Å². The van der Waals surface area contributed by atoms with Crippen LogP contribution in [0.2, 0.25) is 5.02 Å². The minimum atomic E-state index is 0.149. The van der Waals surface area contributed by atoms with Gasteiger partial charge in [-0.3, -0.25) is 0 Å². The van der Waals surface area contributed by atoms with Gasteiger partial charge >= 0.3 is 0 Å². The molecule has 0 heterocycles. The first-order valence-electron chi connectivity index (χ1n) is 4.41. The molecule has 13 heavy (non-hydrogen) atoms. The first-order valence-corrected chi connectivity index (χ1v) is 4.79. The van der Waals surface area contributed by atoms with Gasteiger partial charge in [0.1, 0.15) is 0 Å². The van der Waals surface area contributed by atoms with Crippen LogP contribution in [0.4, 0.5) is 0 Å². The van der Waals surface area contributed by atoms with Crippen molar-refractivity contribution in [3.8, 4) is 0 Å². The van der Waals surface area contributed by atoms with Gasteiger partial charge in [0.15, 0.2) is 0 Å². The van der Waals surface area contributed by atoms with Crippen LogP contribution in [-0.4, -0.2) is 6.04 Å². The van der Waals surface area contributed by atoms with Gasteiger partial charge in [-0.05, 0) is 24.1 Å². The van der Waals surface area contributed by atoms with Gasteiger partial charge in [0.2, 0.25) is 0 Å². The summed E-state index contributed by atoms with van der Waals surface area (Å²) in [5, 5.41) is 0.761. The molecule has 0 aliphatic heterocycles. The van der Waals surface area contributed by atoms with Crippen molar-refractivity contribution in [2.75, 3.05) is 0 Å². The van der Waals surface area contributed by atoms with E-state index < -0.39 is 0 Å². The van der Waals surface area contributed by atoms with Crippen molar-refractivity contribution in [3.63, 3.8) is 0 Å². The van der Waals surface area contributed by atoms with Crippen LogP contribution in [0.1, 0.15) is 18.9 Å². The Bertz CT molecular complexity index is 277. The summed E-state index contributed by atoms with van der Waals surface area (Å²) in [5.74, 6) is 0. The molecule has 0 aliphatic carbocycles. The maximum absolute atomic E-state index is 5.75. The maximum Gasteiger partial charge on any atom is 0.0406 e. The number of benzene rings is 1. The minimum absolute atomic E-state index is 0.149. The second-order valence-corrected chi connectivity index (χ2v) is 3.42. The Morgan fingerprint density at radius 2 is 2.00 bits per heavy atom. The fourth-order valence-electron chi connectivity index (χ4n) is 0.945. The summed E-state index contributed by atoms with van der Waals surface area (Å²) in [6, 6.07) is 7.84. The van der Waals surface area contributed by atoms with Crippen LogP contribution < -0.4 is 5.73 Å². The van der Waals surface area contributed by atoms with Gasteiger partial charge in [-0.15, -0.1) is 0 Å². The standard InChI is InChI=1S/C11H14ClN/c1-2-11(13)8-5-9-3-6-10(12)7-4-9/h3-8,11H,2,13H2,1H3/b8-5-/t11-/m1/s1. The highest BCUT2D eigenvalue weighted by atomic mass is 35.5. The number of halogens is 1. The van der Waals surface area contributed by atoms with Gasteiger partial charge in [-0.2, -0.15) is 0 Å². The van der Waals surface area contributed by atoms with Crippen molar-refractivity contribution < 1.29 is 0 Å². The highest BCUT2D eigenvalue weighted by Crippen LogP contribution is 2.10. The van der Waals surface area contributed by atoms with Crippen LogP contribution in [0.25, 0.3) is 6.08 Å². The summed E-state index contributed by atoms with van der Waals surface area (Å²) in [6.45, 7) is 2.07. The van der Waals surface area contributed by atoms with Crippen molar-refractivity contribution in [1.82, 2.24) is 0 Å². The smallest absolute Gasteiger partial charge is 0.0406 e. The average Bonchev–Trinajstić information content (AvgIpc) is 2.16. The lowest BCUT2D eigenvalue weighted by Crippen LogP contribution is -2.14. The SMILES string of the molecule is CC[C@@H](N)/C=C\c1ccc(Cl)cc1. The molecule has 0 aromatic heterocycles. The largest absolute Gasteiger partial charge is 0.324 e. The first kappa shape index (κ1) is 10.3. The van der Waals surface area contributed by atoms with Crippen LogP contribution in [-0.2, 0) is 0 Å². The summed E-state index contributed by atoms with van der Waals surface area (Å²) in [4.78, 5) is 0. The van der Waals surface area contributed by atoms with E-state index in [1.54, 1.807) is 0 Å². The Morgan fingerprint density at radius 1 is 1.38 bits per heavy atom. The molecule has 0 saturated heterocycles. The van der Waals surface area contributed by atoms with Crippen LogP contribution in [0.3, 0.4) is 0 Å². The Morgan fingerprint density at radius 3 is 2.54 bits per heavy atom. The van der Waals surface area contributed by atoms with E-state index in [-0.39, 0.29) is 6.04 Å². The molecule has 1 aromatic rings. The topological polar surface area (TPSA) is 26.0 Å². The van der Waals surface area contributed by atoms with Crippen molar-refractivity contribution in [2.45, 2.75) is 19.4 Å². The monoisotopic (exact) mass is 195 g/mol. The molecule has 0 saturated carbocycles. The molecular formula is C11H14ClN. The zero-order chi connectivity index (χ0) is 9.68. The van der Waals surface area contributed by atoms with E-state index in [4.69, 9.17) is 17.3 Å². The second kappa shape index (κ2) is 5.05. The van der Waals surface area contributed by atoms with Gasteiger partial charge in [0.05, 0.1) is 0 Å². The lowest BCUT2D eigenvalue weighted by atomic mass is 10.1. The minimum Gasteiger partial charge on any atom is -0.324 e. The van der Waals surface area contributed by atoms with Gasteiger partial charge in [-0.25, -0.2) is 0 Å². The third kappa shape index (κ3) is 3.62. The molecule has 0 unspecified atom stereocenters. The van der Waals surface area contributed by atoms with E-state index in [0.717, 1.165) is 17.0 Å². The van der Waals surface area contributed by atoms with E-state index in [1.807, 2.05) is 36.4 Å². The second-order valence-electron chi connectivity index (χ2n) is 2.98. The maximum atomic E-state index is 5.75. The molecular weight excluding hydrogens is 182 g/mol. The van der Waals surface area contributed by atoms with Gasteiger partial charge in [-0.1, -0.05) is 42.8 Å². The van der Waals surface area contributed by atoms with Gasteiger partial charge in [0, 0.05) is 11.1 Å². The van der Waals surface area contributed by atoms with Crippen molar-refractivity contribution in [1.29, 1.82) is 0 Å². The van der Waals surface area contributed by atoms with Gasteiger partial charge in [0.25, 0.3) is 0 Å². The number of nitrogens with two attached hydrogens (primary N) is 1. The van der Waals surface area contributed by atoms with Crippen LogP contribution >= 0.6 is 11.6 Å². The Kier molecular flexibility index (Phi) is 4.00. The molecule has 0 bridgehead atoms. The van der Waals surface area contributed by atoms with Crippen LogP contribution in [0.15, 0.2) is 30.3 Å². The van der Waals surface area contributed by atoms with Crippen molar-refractivity contribution in [2.24, 2.45) is 5.73 Å². The molecule has 70 valence electrons. The van der Waals surface area contributed by atoms with E-state index in [2.05, 4.69) is 6.92 Å². The zero-order valence-electron chi connectivity index (χ0n) is 7.70. The molecule has 1 aromatic carbocycles. The molecule has 0 aliphatic rings. The number of hydrogen-bond donors (Lipinski definition) is 1. The highest BCUT2D eigenvalue weighted by Gasteiger charge is 1.91. The molecule has 2 heteroatoms. The first-order chi connectivity index (χ1) is 6.22. The summed E-state index contributed by atoms with van der Waals surface area (Å²) >= 11 is 5.75. The average molecular weight is 196 g/mol. The summed E-state index contributed by atoms with van der Waals surface area (Å²) in [6.07, 6.45) is 4.98. The molecule has 2 N–H and O–H groups in total. The van der Waals surface area contributed by atoms with Gasteiger partial charge < -0.3 is 5.73 Å². The Balaban J connectivity index is 2.64. The molecule has 0 fully saturated rings. The molecule has 0 radical (unpaired) electrons. The molecule has 0 spiro atoms. The normalized spacial score (nSPS) is 13.5. The number of rotatable bonds is 3. The lowest BCUT2D eigenvalue weighted by Gasteiger charge is -2.00. The summed E-state index contributed by atoms with van der Waals surface area (Å²) in [7, 11) is 0. The number of hydrogen-bond acceptors (Lipinski definition) is 1. The third-order valence-corrected chi connectivity index (χ3v) is 2.13. The summed E-state index contributed by atoms with van der Waals surface area (Å²) < 4.78 is 0. The Labute approximate surface area is 84.2 Å². The predicted octanol–water partition coefficient (Wildman–Crippen LogP) is 3.09. The van der Waals surface area contributed by atoms with Crippen LogP contribution in [0, 0.1) is 0 Å². The van der Waals surface area contributed by atoms with Crippen molar-refractivity contribution >= 4 is 17.7 Å². The van der Waals surface area contributed by atoms with E-state index >= 15 is 0 Å². The predicted molar refractivity (Wildman–Crippen MR) is 58.8 cm³/mol. The Hall–Kier alpha value is -0.790. The molecule has 1 atom stereocenters. The fourth-order valence-corrected chi connectivity index (χ4v) is 1.07. The lowest BCUT2D eigenvalue weighted by molar-refractivity contribution is 0.785. The molecule has 1 nitrogen and oxygen atoms in total. The summed E-state index contributed by atoms with van der Waals surface area (Å²) in [5.41, 5.74) is 6.87. The van der Waals surface area contributed by atoms with E-state index in [0.29, 0.717) is 0 Å². The highest BCUT2D eigenvalue weighted by molar-refractivity contribution is 6.30. The van der Waals surface area contributed by atoms with Crippen LogP contribution in [0.5, 0.6) is 0 Å². The molecule has 1 rings (SSSR count). The molecule has 0 amide bonds. The fraction of sp³-hybridized carbons (Fsp3) is 0.273. The van der Waals surface area contributed by atoms with E-state index in [9.17, 15) is 0 Å². The third-order valence-electron chi connectivity index (χ3n) is 1.88. The quantitative estimate of drug-likeness (QED) is 0.788.